The van der Waals surface area contributed by atoms with E-state index in [9.17, 15) is 13.2 Å². The van der Waals surface area contributed by atoms with E-state index in [1.165, 1.54) is 0 Å². The zero-order valence-electron chi connectivity index (χ0n) is 10.2. The Morgan fingerprint density at radius 1 is 1.30 bits per heavy atom. The van der Waals surface area contributed by atoms with E-state index in [1.54, 1.807) is 30.3 Å². The first-order valence-electron chi connectivity index (χ1n) is 5.74. The minimum atomic E-state index is -4.23. The fourth-order valence-electron chi connectivity index (χ4n) is 1.70. The van der Waals surface area contributed by atoms with E-state index in [0.717, 1.165) is 5.39 Å². The van der Waals surface area contributed by atoms with E-state index in [1.807, 2.05) is 0 Å². The summed E-state index contributed by atoms with van der Waals surface area (Å²) >= 11 is -0.0889. The molecule has 1 N–H and O–H groups in total. The largest absolute Gasteiger partial charge is 0.441 e. The van der Waals surface area contributed by atoms with Crippen molar-refractivity contribution in [3.63, 3.8) is 0 Å². The fraction of sp³-hybridized carbons (Fsp3) is 0.231. The first kappa shape index (κ1) is 14.5. The predicted octanol–water partition coefficient (Wildman–Crippen LogP) is 3.77. The van der Waals surface area contributed by atoms with Gasteiger partial charge in [-0.15, -0.1) is 0 Å². The summed E-state index contributed by atoms with van der Waals surface area (Å²) in [6, 6.07) is 10.7. The smallest absolute Gasteiger partial charge is 0.369 e. The number of halogens is 3. The molecule has 0 atom stereocenters. The summed E-state index contributed by atoms with van der Waals surface area (Å²) in [5.74, 6) is 0.294. The van der Waals surface area contributed by atoms with E-state index in [2.05, 4.69) is 16.4 Å². The summed E-state index contributed by atoms with van der Waals surface area (Å²) in [4.78, 5) is 4.27. The summed E-state index contributed by atoms with van der Waals surface area (Å²) in [7, 11) is 0. The zero-order chi connectivity index (χ0) is 14.6. The first-order valence-corrected chi connectivity index (χ1v) is 6.72. The molecule has 0 aliphatic carbocycles. The molecular weight excluding hydrogens is 287 g/mol. The van der Waals surface area contributed by atoms with Gasteiger partial charge in [-0.1, -0.05) is 18.2 Å². The van der Waals surface area contributed by atoms with Crippen LogP contribution in [0, 0.1) is 11.3 Å². The highest BCUT2D eigenvalue weighted by molar-refractivity contribution is 8.00. The molecule has 1 heterocycles. The molecule has 0 aliphatic rings. The van der Waals surface area contributed by atoms with E-state index < -0.39 is 5.51 Å². The van der Waals surface area contributed by atoms with Gasteiger partial charge in [0.05, 0.1) is 17.1 Å². The highest BCUT2D eigenvalue weighted by Crippen LogP contribution is 2.29. The molecule has 20 heavy (non-hydrogen) atoms. The third-order valence-electron chi connectivity index (χ3n) is 2.51. The second kappa shape index (κ2) is 6.01. The first-order chi connectivity index (χ1) is 9.49. The predicted molar refractivity (Wildman–Crippen MR) is 73.5 cm³/mol. The Labute approximate surface area is 117 Å². The number of aromatic nitrogens is 1. The SMILES string of the molecule is N#Cc1cc(NCCSC(F)(F)F)nc2ccccc12. The minimum Gasteiger partial charge on any atom is -0.369 e. The van der Waals surface area contributed by atoms with Gasteiger partial charge in [0.15, 0.2) is 0 Å². The van der Waals surface area contributed by atoms with Gasteiger partial charge in [-0.25, -0.2) is 4.98 Å². The molecule has 104 valence electrons. The Kier molecular flexibility index (Phi) is 4.35. The maximum absolute atomic E-state index is 12.0. The maximum atomic E-state index is 12.0. The second-order valence-corrected chi connectivity index (χ2v) is 5.06. The molecule has 0 radical (unpaired) electrons. The number of benzene rings is 1. The van der Waals surface area contributed by atoms with Crippen molar-refractivity contribution >= 4 is 28.5 Å². The lowest BCUT2D eigenvalue weighted by Gasteiger charge is -2.09. The standard InChI is InChI=1S/C13H10F3N3S/c14-13(15,16)20-6-5-18-12-7-9(8-17)10-3-1-2-4-11(10)19-12/h1-4,7H,5-6H2,(H,18,19). The molecule has 0 fully saturated rings. The summed E-state index contributed by atoms with van der Waals surface area (Å²) < 4.78 is 36.0. The Morgan fingerprint density at radius 3 is 2.75 bits per heavy atom. The number of nitrogens with zero attached hydrogens (tertiary/aromatic N) is 2. The van der Waals surface area contributed by atoms with Crippen molar-refractivity contribution in [2.24, 2.45) is 0 Å². The number of thioether (sulfide) groups is 1. The number of fused-ring (bicyclic) bond motifs is 1. The number of alkyl halides is 3. The maximum Gasteiger partial charge on any atom is 0.441 e. The Bertz CT molecular complexity index is 649. The number of nitrogens with one attached hydrogen (secondary N) is 1. The van der Waals surface area contributed by atoms with Gasteiger partial charge in [-0.05, 0) is 23.9 Å². The molecule has 0 unspecified atom stereocenters. The highest BCUT2D eigenvalue weighted by atomic mass is 32.2. The van der Waals surface area contributed by atoms with Crippen LogP contribution in [0.1, 0.15) is 5.56 Å². The van der Waals surface area contributed by atoms with Crippen LogP contribution >= 0.6 is 11.8 Å². The molecule has 7 heteroatoms. The monoisotopic (exact) mass is 297 g/mol. The van der Waals surface area contributed by atoms with Gasteiger partial charge in [0.25, 0.3) is 0 Å². The summed E-state index contributed by atoms with van der Waals surface area (Å²) in [6.07, 6.45) is 0. The molecule has 2 aromatic rings. The topological polar surface area (TPSA) is 48.7 Å². The minimum absolute atomic E-state index is 0.0889. The van der Waals surface area contributed by atoms with E-state index in [4.69, 9.17) is 5.26 Å². The molecular formula is C13H10F3N3S. The average Bonchev–Trinajstić information content (AvgIpc) is 2.41. The summed E-state index contributed by atoms with van der Waals surface area (Å²) in [6.45, 7) is 0.125. The van der Waals surface area contributed by atoms with E-state index >= 15 is 0 Å². The zero-order valence-corrected chi connectivity index (χ0v) is 11.1. The highest BCUT2D eigenvalue weighted by Gasteiger charge is 2.27. The van der Waals surface area contributed by atoms with Crippen LogP contribution in [0.3, 0.4) is 0 Å². The van der Waals surface area contributed by atoms with Gasteiger partial charge in [-0.3, -0.25) is 0 Å². The number of nitriles is 1. The van der Waals surface area contributed by atoms with E-state index in [-0.39, 0.29) is 24.1 Å². The van der Waals surface area contributed by atoms with Crippen molar-refractivity contribution in [3.05, 3.63) is 35.9 Å². The van der Waals surface area contributed by atoms with Gasteiger partial charge in [0.1, 0.15) is 5.82 Å². The number of para-hydroxylation sites is 1. The average molecular weight is 297 g/mol. The lowest BCUT2D eigenvalue weighted by molar-refractivity contribution is -0.0327. The van der Waals surface area contributed by atoms with Crippen molar-refractivity contribution in [2.45, 2.75) is 5.51 Å². The summed E-state index contributed by atoms with van der Waals surface area (Å²) in [5.41, 5.74) is -3.14. The van der Waals surface area contributed by atoms with Crippen molar-refractivity contribution < 1.29 is 13.2 Å². The van der Waals surface area contributed by atoms with Crippen molar-refractivity contribution in [1.29, 1.82) is 5.26 Å². The summed E-state index contributed by atoms with van der Waals surface area (Å²) in [5, 5.41) is 12.6. The fourth-order valence-corrected chi connectivity index (χ4v) is 2.14. The molecule has 0 spiro atoms. The number of pyridine rings is 1. The van der Waals surface area contributed by atoms with E-state index in [0.29, 0.717) is 16.9 Å². The van der Waals surface area contributed by atoms with Crippen molar-refractivity contribution in [1.82, 2.24) is 4.98 Å². The number of hydrogen-bond donors (Lipinski definition) is 1. The number of anilines is 1. The molecule has 0 aliphatic heterocycles. The normalized spacial score (nSPS) is 11.3. The molecule has 1 aromatic heterocycles. The van der Waals surface area contributed by atoms with Crippen molar-refractivity contribution in [2.75, 3.05) is 17.6 Å². The van der Waals surface area contributed by atoms with Crippen LogP contribution in [0.5, 0.6) is 0 Å². The molecule has 0 amide bonds. The molecule has 0 bridgehead atoms. The lowest BCUT2D eigenvalue weighted by Crippen LogP contribution is -2.10. The number of hydrogen-bond acceptors (Lipinski definition) is 4. The van der Waals surface area contributed by atoms with Crippen LogP contribution < -0.4 is 5.32 Å². The Hall–Kier alpha value is -1.94. The van der Waals surface area contributed by atoms with Gasteiger partial charge in [0, 0.05) is 17.7 Å². The van der Waals surface area contributed by atoms with Gasteiger partial charge < -0.3 is 5.32 Å². The molecule has 1 aromatic carbocycles. The van der Waals surface area contributed by atoms with Crippen LogP contribution in [0.25, 0.3) is 10.9 Å². The van der Waals surface area contributed by atoms with Crippen LogP contribution in [-0.4, -0.2) is 22.8 Å². The molecule has 0 saturated carbocycles. The molecule has 2 rings (SSSR count). The van der Waals surface area contributed by atoms with Crippen LogP contribution in [0.4, 0.5) is 19.0 Å². The second-order valence-electron chi connectivity index (χ2n) is 3.90. The number of rotatable bonds is 4. The van der Waals surface area contributed by atoms with Gasteiger partial charge >= 0.3 is 5.51 Å². The van der Waals surface area contributed by atoms with Crippen LogP contribution in [0.15, 0.2) is 30.3 Å². The van der Waals surface area contributed by atoms with Crippen LogP contribution in [-0.2, 0) is 0 Å². The molecule has 0 saturated heterocycles. The Morgan fingerprint density at radius 2 is 2.05 bits per heavy atom. The Balaban J connectivity index is 2.10. The van der Waals surface area contributed by atoms with Crippen molar-refractivity contribution in [3.8, 4) is 6.07 Å². The third-order valence-corrected chi connectivity index (χ3v) is 3.25. The third kappa shape index (κ3) is 3.78. The van der Waals surface area contributed by atoms with Gasteiger partial charge in [-0.2, -0.15) is 18.4 Å². The quantitative estimate of drug-likeness (QED) is 0.873. The lowest BCUT2D eigenvalue weighted by atomic mass is 10.1. The van der Waals surface area contributed by atoms with Crippen LogP contribution in [0.2, 0.25) is 0 Å². The van der Waals surface area contributed by atoms with Gasteiger partial charge in [0.2, 0.25) is 0 Å². The molecule has 3 nitrogen and oxygen atoms in total.